The van der Waals surface area contributed by atoms with Gasteiger partial charge in [-0.15, -0.1) is 0 Å². The van der Waals surface area contributed by atoms with Crippen LogP contribution in [0.2, 0.25) is 0 Å². The summed E-state index contributed by atoms with van der Waals surface area (Å²) in [6, 6.07) is 7.51. The summed E-state index contributed by atoms with van der Waals surface area (Å²) in [6.07, 6.45) is 0. The van der Waals surface area contributed by atoms with Crippen molar-refractivity contribution in [2.45, 2.75) is 13.5 Å². The third-order valence-corrected chi connectivity index (χ3v) is 3.31. The zero-order valence-corrected chi connectivity index (χ0v) is 11.3. The molecule has 1 fully saturated rings. The van der Waals surface area contributed by atoms with Gasteiger partial charge in [0.1, 0.15) is 5.75 Å². The van der Waals surface area contributed by atoms with E-state index >= 15 is 0 Å². The number of rotatable bonds is 4. The standard InChI is InChI=1S/C14H18N2O3/c1-3-15-8-9-16(14(18)13(15)17)10-11-4-6-12(19-2)7-5-11/h4-7H,3,8-10H2,1-2H3. The lowest BCUT2D eigenvalue weighted by molar-refractivity contribution is -0.156. The Labute approximate surface area is 112 Å². The molecule has 0 spiro atoms. The minimum absolute atomic E-state index is 0.401. The molecule has 1 aliphatic heterocycles. The third kappa shape index (κ3) is 2.86. The van der Waals surface area contributed by atoms with Crippen LogP contribution in [0.5, 0.6) is 5.75 Å². The lowest BCUT2D eigenvalue weighted by Crippen LogP contribution is -2.53. The van der Waals surface area contributed by atoms with Crippen molar-refractivity contribution in [2.75, 3.05) is 26.7 Å². The molecule has 5 heteroatoms. The van der Waals surface area contributed by atoms with Crippen molar-refractivity contribution in [1.29, 1.82) is 0 Å². The molecule has 102 valence electrons. The molecule has 1 aromatic carbocycles. The molecule has 0 aliphatic carbocycles. The summed E-state index contributed by atoms with van der Waals surface area (Å²) in [7, 11) is 1.61. The third-order valence-electron chi connectivity index (χ3n) is 3.31. The Morgan fingerprint density at radius 1 is 1.05 bits per heavy atom. The zero-order chi connectivity index (χ0) is 13.8. The van der Waals surface area contributed by atoms with E-state index in [1.165, 1.54) is 0 Å². The van der Waals surface area contributed by atoms with Crippen molar-refractivity contribution in [3.63, 3.8) is 0 Å². The molecule has 1 aromatic rings. The van der Waals surface area contributed by atoms with Crippen LogP contribution in [0.15, 0.2) is 24.3 Å². The van der Waals surface area contributed by atoms with Crippen LogP contribution >= 0.6 is 0 Å². The number of hydrogen-bond donors (Lipinski definition) is 0. The van der Waals surface area contributed by atoms with Gasteiger partial charge in [-0.3, -0.25) is 9.59 Å². The first-order valence-electron chi connectivity index (χ1n) is 6.36. The highest BCUT2D eigenvalue weighted by molar-refractivity contribution is 6.35. The van der Waals surface area contributed by atoms with Crippen LogP contribution in [0.25, 0.3) is 0 Å². The minimum Gasteiger partial charge on any atom is -0.497 e. The van der Waals surface area contributed by atoms with E-state index < -0.39 is 11.8 Å². The second kappa shape index (κ2) is 5.73. The van der Waals surface area contributed by atoms with Crippen molar-refractivity contribution in [3.05, 3.63) is 29.8 Å². The fraction of sp³-hybridized carbons (Fsp3) is 0.429. The Morgan fingerprint density at radius 3 is 2.21 bits per heavy atom. The maximum atomic E-state index is 11.9. The number of benzene rings is 1. The Balaban J connectivity index is 2.03. The van der Waals surface area contributed by atoms with Gasteiger partial charge in [0.25, 0.3) is 0 Å². The number of carbonyl (C=O) groups excluding carboxylic acids is 2. The number of piperazine rings is 1. The smallest absolute Gasteiger partial charge is 0.312 e. The normalized spacial score (nSPS) is 15.9. The highest BCUT2D eigenvalue weighted by Crippen LogP contribution is 2.14. The molecule has 5 nitrogen and oxygen atoms in total. The maximum absolute atomic E-state index is 11.9. The highest BCUT2D eigenvalue weighted by atomic mass is 16.5. The summed E-state index contributed by atoms with van der Waals surface area (Å²) in [5.74, 6) is -0.0341. The van der Waals surface area contributed by atoms with Crippen LogP contribution < -0.4 is 4.74 Å². The van der Waals surface area contributed by atoms with E-state index in [9.17, 15) is 9.59 Å². The van der Waals surface area contributed by atoms with Crippen LogP contribution in [0.3, 0.4) is 0 Å². The largest absolute Gasteiger partial charge is 0.497 e. The molecule has 0 bridgehead atoms. The van der Waals surface area contributed by atoms with E-state index in [0.29, 0.717) is 26.2 Å². The molecule has 0 unspecified atom stereocenters. The fourth-order valence-corrected chi connectivity index (χ4v) is 2.12. The number of ether oxygens (including phenoxy) is 1. The zero-order valence-electron chi connectivity index (χ0n) is 11.3. The van der Waals surface area contributed by atoms with Gasteiger partial charge in [-0.1, -0.05) is 12.1 Å². The number of hydrogen-bond acceptors (Lipinski definition) is 3. The van der Waals surface area contributed by atoms with Crippen LogP contribution in [-0.4, -0.2) is 48.4 Å². The highest BCUT2D eigenvalue weighted by Gasteiger charge is 2.31. The molecule has 1 heterocycles. The maximum Gasteiger partial charge on any atom is 0.312 e. The Bertz CT molecular complexity index is 470. The summed E-state index contributed by atoms with van der Waals surface area (Å²) < 4.78 is 5.08. The van der Waals surface area contributed by atoms with Gasteiger partial charge in [0.05, 0.1) is 7.11 Å². The molecule has 19 heavy (non-hydrogen) atoms. The fourth-order valence-electron chi connectivity index (χ4n) is 2.12. The summed E-state index contributed by atoms with van der Waals surface area (Å²) in [6.45, 7) is 4.12. The van der Waals surface area contributed by atoms with Gasteiger partial charge in [-0.25, -0.2) is 0 Å². The molecule has 2 amide bonds. The van der Waals surface area contributed by atoms with Crippen molar-refractivity contribution in [2.24, 2.45) is 0 Å². The molecule has 0 atom stereocenters. The van der Waals surface area contributed by atoms with E-state index in [-0.39, 0.29) is 0 Å². The minimum atomic E-state index is -0.413. The number of amides is 2. The van der Waals surface area contributed by atoms with Crippen LogP contribution in [-0.2, 0) is 16.1 Å². The first kappa shape index (κ1) is 13.4. The van der Waals surface area contributed by atoms with Gasteiger partial charge < -0.3 is 14.5 Å². The van der Waals surface area contributed by atoms with Gasteiger partial charge in [-0.05, 0) is 24.6 Å². The van der Waals surface area contributed by atoms with Gasteiger partial charge in [-0.2, -0.15) is 0 Å². The molecule has 0 N–H and O–H groups in total. The van der Waals surface area contributed by atoms with Gasteiger partial charge >= 0.3 is 11.8 Å². The van der Waals surface area contributed by atoms with Crippen LogP contribution in [0.1, 0.15) is 12.5 Å². The van der Waals surface area contributed by atoms with E-state index in [1.807, 2.05) is 31.2 Å². The average Bonchev–Trinajstić information content (AvgIpc) is 2.45. The summed E-state index contributed by atoms with van der Waals surface area (Å²) in [5.41, 5.74) is 0.992. The lowest BCUT2D eigenvalue weighted by Gasteiger charge is -2.33. The number of likely N-dealkylation sites (N-methyl/N-ethyl adjacent to an activating group) is 1. The molecule has 1 saturated heterocycles. The van der Waals surface area contributed by atoms with Gasteiger partial charge in [0.15, 0.2) is 0 Å². The second-order valence-electron chi connectivity index (χ2n) is 4.46. The molecule has 1 aliphatic rings. The second-order valence-corrected chi connectivity index (χ2v) is 4.46. The van der Waals surface area contributed by atoms with Crippen molar-refractivity contribution >= 4 is 11.8 Å². The van der Waals surface area contributed by atoms with Crippen LogP contribution in [0.4, 0.5) is 0 Å². The summed E-state index contributed by atoms with van der Waals surface area (Å²) >= 11 is 0. The molecule has 0 radical (unpaired) electrons. The Hall–Kier alpha value is -2.04. The average molecular weight is 262 g/mol. The van der Waals surface area contributed by atoms with E-state index in [2.05, 4.69) is 0 Å². The van der Waals surface area contributed by atoms with Crippen molar-refractivity contribution < 1.29 is 14.3 Å². The first-order valence-corrected chi connectivity index (χ1v) is 6.36. The molecule has 0 aromatic heterocycles. The Morgan fingerprint density at radius 2 is 1.63 bits per heavy atom. The molecule has 0 saturated carbocycles. The Kier molecular flexibility index (Phi) is 4.04. The molecular formula is C14H18N2O3. The molecular weight excluding hydrogens is 244 g/mol. The first-order chi connectivity index (χ1) is 9.15. The summed E-state index contributed by atoms with van der Waals surface area (Å²) in [5, 5.41) is 0. The predicted octanol–water partition coefficient (Wildman–Crippen LogP) is 0.886. The number of methoxy groups -OCH3 is 1. The van der Waals surface area contributed by atoms with Crippen molar-refractivity contribution in [3.8, 4) is 5.75 Å². The van der Waals surface area contributed by atoms with E-state index in [0.717, 1.165) is 11.3 Å². The SMILES string of the molecule is CCN1CCN(Cc2ccc(OC)cc2)C(=O)C1=O. The predicted molar refractivity (Wildman–Crippen MR) is 70.7 cm³/mol. The summed E-state index contributed by atoms with van der Waals surface area (Å²) in [4.78, 5) is 26.9. The van der Waals surface area contributed by atoms with Crippen LogP contribution in [0, 0.1) is 0 Å². The quantitative estimate of drug-likeness (QED) is 0.757. The van der Waals surface area contributed by atoms with Gasteiger partial charge in [0, 0.05) is 26.2 Å². The molecule has 2 rings (SSSR count). The number of nitrogens with zero attached hydrogens (tertiary/aromatic N) is 2. The topological polar surface area (TPSA) is 49.9 Å². The van der Waals surface area contributed by atoms with Gasteiger partial charge in [0.2, 0.25) is 0 Å². The monoisotopic (exact) mass is 262 g/mol. The van der Waals surface area contributed by atoms with Crippen molar-refractivity contribution in [1.82, 2.24) is 9.80 Å². The van der Waals surface area contributed by atoms with E-state index in [1.54, 1.807) is 16.9 Å². The number of carbonyl (C=O) groups is 2. The lowest BCUT2D eigenvalue weighted by atomic mass is 10.2. The van der Waals surface area contributed by atoms with E-state index in [4.69, 9.17) is 4.74 Å².